The molecule has 1 unspecified atom stereocenters. The molecule has 0 radical (unpaired) electrons. The second-order valence-corrected chi connectivity index (χ2v) is 7.83. The minimum Gasteiger partial charge on any atom is -0.363 e. The van der Waals surface area contributed by atoms with Gasteiger partial charge in [-0.05, 0) is 40.9 Å². The van der Waals surface area contributed by atoms with Crippen LogP contribution in [-0.2, 0) is 10.0 Å². The highest BCUT2D eigenvalue weighted by molar-refractivity contribution is 9.10. The number of benzene rings is 1. The van der Waals surface area contributed by atoms with Gasteiger partial charge < -0.3 is 10.3 Å². The second-order valence-electron chi connectivity index (χ2n) is 5.15. The molecule has 3 rings (SSSR count). The van der Waals surface area contributed by atoms with Crippen molar-refractivity contribution >= 4 is 31.9 Å². The van der Waals surface area contributed by atoms with Crippen LogP contribution in [-0.4, -0.2) is 35.3 Å². The number of carbonyl (C=O) groups excluding carboxylic acids is 1. The first-order chi connectivity index (χ1) is 11.3. The molecule has 1 saturated heterocycles. The Hall–Kier alpha value is -1.85. The van der Waals surface area contributed by atoms with Gasteiger partial charge in [0.2, 0.25) is 15.9 Å². The summed E-state index contributed by atoms with van der Waals surface area (Å²) in [7, 11) is -4.14. The van der Waals surface area contributed by atoms with Crippen molar-refractivity contribution in [2.45, 2.75) is 23.8 Å². The summed E-state index contributed by atoms with van der Waals surface area (Å²) in [5.74, 6) is -2.12. The molecule has 1 amide bonds. The number of primary amides is 1. The van der Waals surface area contributed by atoms with Crippen molar-refractivity contribution in [1.82, 2.24) is 14.4 Å². The van der Waals surface area contributed by atoms with Gasteiger partial charge in [0.15, 0.2) is 0 Å². The number of carbonyl (C=O) groups is 1. The number of rotatable bonds is 4. The lowest BCUT2D eigenvalue weighted by atomic mass is 10.2. The first-order valence-electron chi connectivity index (χ1n) is 6.91. The molecule has 2 aromatic rings. The molecular formula is C13H12BrFN4O4S. The van der Waals surface area contributed by atoms with Crippen LogP contribution in [0.1, 0.15) is 35.4 Å². The maximum absolute atomic E-state index is 14.1. The van der Waals surface area contributed by atoms with E-state index in [1.165, 1.54) is 12.1 Å². The van der Waals surface area contributed by atoms with Gasteiger partial charge in [-0.1, -0.05) is 11.2 Å². The molecule has 11 heteroatoms. The number of amides is 1. The molecule has 0 bridgehead atoms. The van der Waals surface area contributed by atoms with E-state index in [1.54, 1.807) is 0 Å². The predicted molar refractivity (Wildman–Crippen MR) is 82.8 cm³/mol. The van der Waals surface area contributed by atoms with Gasteiger partial charge in [0.1, 0.15) is 16.8 Å². The Bertz CT molecular complexity index is 881. The lowest BCUT2D eigenvalue weighted by Gasteiger charge is -2.22. The zero-order valence-corrected chi connectivity index (χ0v) is 14.5. The molecule has 1 aromatic heterocycles. The van der Waals surface area contributed by atoms with E-state index in [-0.39, 0.29) is 22.7 Å². The van der Waals surface area contributed by atoms with Crippen LogP contribution in [0.5, 0.6) is 0 Å². The molecule has 2 N–H and O–H groups in total. The van der Waals surface area contributed by atoms with E-state index in [0.29, 0.717) is 12.8 Å². The fraction of sp³-hybridized carbons (Fsp3) is 0.308. The summed E-state index contributed by atoms with van der Waals surface area (Å²) in [5.41, 5.74) is 5.07. The van der Waals surface area contributed by atoms with Crippen molar-refractivity contribution in [3.8, 4) is 0 Å². The molecule has 0 aliphatic carbocycles. The molecule has 2 heterocycles. The molecule has 128 valence electrons. The van der Waals surface area contributed by atoms with Crippen LogP contribution in [0.4, 0.5) is 4.39 Å². The largest absolute Gasteiger partial charge is 0.363 e. The maximum Gasteiger partial charge on any atom is 0.290 e. The average molecular weight is 419 g/mol. The van der Waals surface area contributed by atoms with Crippen LogP contribution in [0.3, 0.4) is 0 Å². The highest BCUT2D eigenvalue weighted by atomic mass is 79.9. The Kier molecular flexibility index (Phi) is 4.40. The van der Waals surface area contributed by atoms with Crippen molar-refractivity contribution in [3.63, 3.8) is 0 Å². The average Bonchev–Trinajstić information content (AvgIpc) is 3.16. The number of halogens is 2. The topological polar surface area (TPSA) is 119 Å². The normalized spacial score (nSPS) is 18.8. The molecule has 24 heavy (non-hydrogen) atoms. The van der Waals surface area contributed by atoms with Crippen molar-refractivity contribution < 1.29 is 22.1 Å². The molecule has 0 spiro atoms. The summed E-state index contributed by atoms with van der Waals surface area (Å²) in [4.78, 5) is 14.4. The van der Waals surface area contributed by atoms with Crippen molar-refractivity contribution in [1.29, 1.82) is 0 Å². The fourth-order valence-corrected chi connectivity index (χ4v) is 5.31. The van der Waals surface area contributed by atoms with Gasteiger partial charge in [-0.2, -0.15) is 9.29 Å². The van der Waals surface area contributed by atoms with E-state index in [0.717, 1.165) is 10.4 Å². The Balaban J connectivity index is 2.02. The minimum absolute atomic E-state index is 0.0441. The summed E-state index contributed by atoms with van der Waals surface area (Å²) in [6.45, 7) is 0.169. The van der Waals surface area contributed by atoms with Gasteiger partial charge in [-0.3, -0.25) is 4.79 Å². The van der Waals surface area contributed by atoms with Crippen molar-refractivity contribution in [3.05, 3.63) is 40.2 Å². The van der Waals surface area contributed by atoms with Gasteiger partial charge in [-0.25, -0.2) is 12.8 Å². The van der Waals surface area contributed by atoms with Gasteiger partial charge in [-0.15, -0.1) is 0 Å². The smallest absolute Gasteiger partial charge is 0.290 e. The first kappa shape index (κ1) is 17.0. The van der Waals surface area contributed by atoms with Crippen molar-refractivity contribution in [2.75, 3.05) is 6.54 Å². The van der Waals surface area contributed by atoms with E-state index < -0.39 is 32.7 Å². The SMILES string of the molecule is NC(=O)c1noc(C2CCCN2S(=O)(=O)c2c(F)cccc2Br)n1. The number of aromatic nitrogens is 2. The summed E-state index contributed by atoms with van der Waals surface area (Å²) in [6.07, 6.45) is 0.940. The lowest BCUT2D eigenvalue weighted by molar-refractivity contribution is 0.0987. The molecule has 0 saturated carbocycles. The van der Waals surface area contributed by atoms with Crippen LogP contribution in [0.2, 0.25) is 0 Å². The van der Waals surface area contributed by atoms with Gasteiger partial charge >= 0.3 is 0 Å². The summed E-state index contributed by atoms with van der Waals surface area (Å²) in [6, 6.07) is 3.14. The lowest BCUT2D eigenvalue weighted by Crippen LogP contribution is -2.31. The molecule has 1 atom stereocenters. The molecule has 1 aliphatic heterocycles. The van der Waals surface area contributed by atoms with E-state index in [9.17, 15) is 17.6 Å². The molecule has 1 aliphatic rings. The van der Waals surface area contributed by atoms with Gasteiger partial charge in [0, 0.05) is 11.0 Å². The number of hydrogen-bond donors (Lipinski definition) is 1. The minimum atomic E-state index is -4.14. The third-order valence-electron chi connectivity index (χ3n) is 3.64. The van der Waals surface area contributed by atoms with Crippen LogP contribution >= 0.6 is 15.9 Å². The van der Waals surface area contributed by atoms with Gasteiger partial charge in [0.05, 0.1) is 0 Å². The zero-order chi connectivity index (χ0) is 17.5. The molecular weight excluding hydrogens is 407 g/mol. The quantitative estimate of drug-likeness (QED) is 0.804. The Morgan fingerprint density at radius 1 is 1.46 bits per heavy atom. The van der Waals surface area contributed by atoms with Crippen LogP contribution < -0.4 is 5.73 Å². The monoisotopic (exact) mass is 418 g/mol. The summed E-state index contributed by atoms with van der Waals surface area (Å²) >= 11 is 3.07. The first-order valence-corrected chi connectivity index (χ1v) is 9.15. The summed E-state index contributed by atoms with van der Waals surface area (Å²) < 4.78 is 46.0. The van der Waals surface area contributed by atoms with Crippen LogP contribution in [0.15, 0.2) is 32.1 Å². The maximum atomic E-state index is 14.1. The zero-order valence-electron chi connectivity index (χ0n) is 12.1. The van der Waals surface area contributed by atoms with Crippen LogP contribution in [0, 0.1) is 5.82 Å². The van der Waals surface area contributed by atoms with E-state index in [4.69, 9.17) is 10.3 Å². The highest BCUT2D eigenvalue weighted by Crippen LogP contribution is 2.38. The fourth-order valence-electron chi connectivity index (χ4n) is 2.59. The molecule has 1 aromatic carbocycles. The van der Waals surface area contributed by atoms with Gasteiger partial charge in [0.25, 0.3) is 11.7 Å². The second kappa shape index (κ2) is 6.22. The number of sulfonamides is 1. The third kappa shape index (κ3) is 2.82. The Morgan fingerprint density at radius 2 is 2.21 bits per heavy atom. The summed E-state index contributed by atoms with van der Waals surface area (Å²) in [5, 5.41) is 3.42. The van der Waals surface area contributed by atoms with E-state index in [1.807, 2.05) is 0 Å². The number of hydrogen-bond acceptors (Lipinski definition) is 6. The predicted octanol–water partition coefficient (Wildman–Crippen LogP) is 1.60. The van der Waals surface area contributed by atoms with Crippen LogP contribution in [0.25, 0.3) is 0 Å². The third-order valence-corrected chi connectivity index (χ3v) is 6.55. The van der Waals surface area contributed by atoms with E-state index in [2.05, 4.69) is 26.1 Å². The molecule has 1 fully saturated rings. The molecule has 8 nitrogen and oxygen atoms in total. The highest BCUT2D eigenvalue weighted by Gasteiger charge is 2.41. The van der Waals surface area contributed by atoms with Crippen molar-refractivity contribution in [2.24, 2.45) is 5.73 Å². The number of nitrogens with two attached hydrogens (primary N) is 1. The number of nitrogens with zero attached hydrogens (tertiary/aromatic N) is 3. The Morgan fingerprint density at radius 3 is 2.83 bits per heavy atom. The Labute approximate surface area is 145 Å². The van der Waals surface area contributed by atoms with E-state index >= 15 is 0 Å². The standard InChI is InChI=1S/C13H12BrFN4O4S/c14-7-3-1-4-8(15)10(7)24(21,22)19-6-2-5-9(19)13-17-12(11(16)20)18-23-13/h1,3-4,9H,2,5-6H2,(H2,16,20).